The van der Waals surface area contributed by atoms with E-state index in [1.807, 2.05) is 193 Å². The zero-order chi connectivity index (χ0) is 101. The Kier molecular flexibility index (Phi) is 36.9. The van der Waals surface area contributed by atoms with E-state index in [1.165, 1.54) is 22.3 Å². The molecule has 4 atom stereocenters. The number of aliphatic imine (C=N–C) groups is 4. The van der Waals surface area contributed by atoms with Crippen LogP contribution >= 0.6 is 0 Å². The molecule has 12 aromatic rings. The number of aromatic nitrogens is 4. The number of benzene rings is 8. The van der Waals surface area contributed by atoms with Crippen LogP contribution in [0.3, 0.4) is 0 Å². The molecule has 0 saturated heterocycles. The van der Waals surface area contributed by atoms with Crippen LogP contribution < -0.4 is 19.9 Å². The van der Waals surface area contributed by atoms with Crippen molar-refractivity contribution < 1.29 is 58.1 Å². The Morgan fingerprint density at radius 2 is 0.444 bits per heavy atom. The summed E-state index contributed by atoms with van der Waals surface area (Å²) in [6.07, 6.45) is 13.9. The SMILES string of the molecule is CC1=N/C(=C\c2[n-]c(C)c(CC3=C(C)/C(=C/c4[n-]c(C)c(CCC(=O)N(Cc5ccccc5)[C@H](C)c5ccccc5)c4C)N=C3C)c2C)C(C)=C1CCC(=O)N(Cc1ccccc1)[C@H](C)c1ccccc1.CC1=N/C(=C\c2[n-]c(C)c(CC3=C(C)/C(=C/c4[n-]c(C)c(CCC(=O)N(Cc5ccccc5)[C@H](C)c5ccccc5)c4C)N=C3C)c2C)C(C)=C1CCC(=O)N(Cc1ccccc1)[C@H](C)c1ccccc1.[Zn+2].[Zn+2]. The molecule has 0 spiro atoms. The van der Waals surface area contributed by atoms with E-state index in [-0.39, 0.29) is 86.8 Å². The van der Waals surface area contributed by atoms with Crippen LogP contribution in [0.2, 0.25) is 0 Å². The number of nitrogens with zero attached hydrogens (tertiary/aromatic N) is 12. The number of carbonyl (C=O) groups is 4. The molecule has 8 aromatic carbocycles. The van der Waals surface area contributed by atoms with Crippen molar-refractivity contribution in [2.45, 2.75) is 253 Å². The number of carbonyl (C=O) groups excluding carboxylic acids is 4. The topological polar surface area (TPSA) is 187 Å². The molecule has 0 fully saturated rings. The summed E-state index contributed by atoms with van der Waals surface area (Å²) in [5.74, 6) is 0.495. The van der Waals surface area contributed by atoms with E-state index in [0.717, 1.165) is 215 Å². The smallest absolute Gasteiger partial charge is 0.661 e. The van der Waals surface area contributed by atoms with Crippen molar-refractivity contribution in [3.63, 3.8) is 0 Å². The van der Waals surface area contributed by atoms with Gasteiger partial charge in [-0.05, 0) is 238 Å². The summed E-state index contributed by atoms with van der Waals surface area (Å²) < 4.78 is 0. The summed E-state index contributed by atoms with van der Waals surface area (Å²) in [5.41, 5.74) is 42.3. The van der Waals surface area contributed by atoms with E-state index >= 15 is 0 Å². The zero-order valence-electron chi connectivity index (χ0n) is 88.0. The van der Waals surface area contributed by atoms with Crippen LogP contribution in [0.15, 0.2) is 330 Å². The summed E-state index contributed by atoms with van der Waals surface area (Å²) >= 11 is 0. The maximum Gasteiger partial charge on any atom is 2.00 e. The molecule has 16 nitrogen and oxygen atoms in total. The first kappa shape index (κ1) is 108. The predicted molar refractivity (Wildman–Crippen MR) is 582 cm³/mol. The van der Waals surface area contributed by atoms with Crippen molar-refractivity contribution in [2.75, 3.05) is 0 Å². The van der Waals surface area contributed by atoms with Gasteiger partial charge in [-0.1, -0.05) is 339 Å². The number of aryl methyl sites for hydroxylation is 4. The molecule has 144 heavy (non-hydrogen) atoms. The molecule has 728 valence electrons. The maximum atomic E-state index is 14.1. The average molecular weight is 2010 g/mol. The first-order valence-electron chi connectivity index (χ1n) is 50.3. The van der Waals surface area contributed by atoms with Crippen LogP contribution in [0, 0.1) is 55.4 Å². The molecule has 18 heteroatoms. The molecule has 16 rings (SSSR count). The van der Waals surface area contributed by atoms with Crippen LogP contribution in [0.4, 0.5) is 0 Å². The molecule has 0 saturated carbocycles. The third-order valence-corrected chi connectivity index (χ3v) is 29.7. The van der Waals surface area contributed by atoms with E-state index in [2.05, 4.69) is 232 Å². The Hall–Kier alpha value is -13.4. The van der Waals surface area contributed by atoms with Gasteiger partial charge in [0, 0.05) is 74.7 Å². The number of hydrogen-bond donors (Lipinski definition) is 0. The largest absolute Gasteiger partial charge is 2.00 e. The molecule has 4 aromatic heterocycles. The molecule has 0 bridgehead atoms. The molecule has 4 aliphatic heterocycles. The monoisotopic (exact) mass is 2010 g/mol. The van der Waals surface area contributed by atoms with Gasteiger partial charge in [0.2, 0.25) is 23.6 Å². The minimum atomic E-state index is -0.0650. The van der Waals surface area contributed by atoms with Gasteiger partial charge >= 0.3 is 39.0 Å². The van der Waals surface area contributed by atoms with Crippen LogP contribution in [-0.2, 0) is 110 Å². The zero-order valence-corrected chi connectivity index (χ0v) is 94.0. The third-order valence-electron chi connectivity index (χ3n) is 29.7. The fourth-order valence-corrected chi connectivity index (χ4v) is 20.6. The average Bonchev–Trinajstić information content (AvgIpc) is 1.64. The molecule has 0 unspecified atom stereocenters. The molecule has 4 amide bonds. The summed E-state index contributed by atoms with van der Waals surface area (Å²) in [5, 5.41) is 0. The molecule has 0 radical (unpaired) electrons. The first-order valence-corrected chi connectivity index (χ1v) is 50.3. The summed E-state index contributed by atoms with van der Waals surface area (Å²) in [6, 6.07) is 81.7. The Labute approximate surface area is 879 Å². The normalized spacial score (nSPS) is 15.5. The number of amides is 4. The van der Waals surface area contributed by atoms with Crippen LogP contribution in [-0.4, -0.2) is 66.1 Å². The minimum absolute atomic E-state index is 0. The first-order chi connectivity index (χ1) is 68.4. The van der Waals surface area contributed by atoms with Crippen molar-refractivity contribution in [3.05, 3.63) is 445 Å². The standard InChI is InChI=1S/2C63H68N6O2.2Zn/c2*1-40-54(31-33-62(70)68(38-50-23-15-11-16-24-50)48(9)52-27-19-13-20-28-52)44(5)64-58(40)36-60-42(3)56(46(7)66-60)35-57-43(4)61(67-47(57)8)37-59-41(2)55(45(6)65-59)32-34-63(71)69(39-51-25-17-12-18-26-51)49(10)53-29-21-14-22-30-53;;/h2*11-30,36-37,48-49H,31-35,38-39H2,1-10H3;;/q2*-2;2*+2/t2*48-,49-;;/m11../s1. The molecular formula is C126H136N12O4Zn2. The Bertz CT molecular complexity index is 6610. The second-order valence-electron chi connectivity index (χ2n) is 38.8. The van der Waals surface area contributed by atoms with E-state index < -0.39 is 0 Å². The van der Waals surface area contributed by atoms with Gasteiger partial charge in [-0.15, -0.1) is 22.8 Å². The van der Waals surface area contributed by atoms with Crippen LogP contribution in [0.5, 0.6) is 0 Å². The van der Waals surface area contributed by atoms with Gasteiger partial charge in [-0.25, -0.2) is 0 Å². The van der Waals surface area contributed by atoms with Gasteiger partial charge in [0.25, 0.3) is 0 Å². The van der Waals surface area contributed by atoms with Gasteiger partial charge in [0.1, 0.15) is 0 Å². The number of rotatable bonds is 36. The van der Waals surface area contributed by atoms with E-state index in [1.54, 1.807) is 0 Å². The van der Waals surface area contributed by atoms with Crippen molar-refractivity contribution >= 4 is 70.8 Å². The van der Waals surface area contributed by atoms with Crippen LogP contribution in [0.25, 0.3) is 24.3 Å². The van der Waals surface area contributed by atoms with Gasteiger partial charge < -0.3 is 39.5 Å². The van der Waals surface area contributed by atoms with E-state index in [9.17, 15) is 19.2 Å². The Morgan fingerprint density at radius 3 is 0.674 bits per heavy atom. The minimum Gasteiger partial charge on any atom is -0.661 e. The second kappa shape index (κ2) is 49.3. The molecular weight excluding hydrogens is 1880 g/mol. The van der Waals surface area contributed by atoms with E-state index in [0.29, 0.717) is 77.5 Å². The quantitative estimate of drug-likeness (QED) is 0.0347. The number of hydrogen-bond acceptors (Lipinski definition) is 8. The van der Waals surface area contributed by atoms with Crippen molar-refractivity contribution in [1.82, 2.24) is 39.5 Å². The van der Waals surface area contributed by atoms with Gasteiger partial charge in [-0.3, -0.25) is 39.1 Å². The number of allylic oxidation sites excluding steroid dienone is 8. The molecule has 4 aliphatic rings. The second-order valence-corrected chi connectivity index (χ2v) is 38.8. The van der Waals surface area contributed by atoms with Crippen molar-refractivity contribution in [3.8, 4) is 0 Å². The molecule has 0 aliphatic carbocycles. The fraction of sp³-hybridized carbons (Fsp3) is 0.302. The maximum absolute atomic E-state index is 14.1. The van der Waals surface area contributed by atoms with Gasteiger partial charge in [-0.2, -0.15) is 22.8 Å². The summed E-state index contributed by atoms with van der Waals surface area (Å²) in [4.78, 5) is 105. The van der Waals surface area contributed by atoms with Crippen LogP contribution in [0.1, 0.15) is 280 Å². The van der Waals surface area contributed by atoms with Crippen molar-refractivity contribution in [1.29, 1.82) is 0 Å². The molecule has 0 N–H and O–H groups in total. The van der Waals surface area contributed by atoms with Gasteiger partial charge in [0.15, 0.2) is 0 Å². The van der Waals surface area contributed by atoms with E-state index in [4.69, 9.17) is 39.9 Å². The predicted octanol–water partition coefficient (Wildman–Crippen LogP) is 27.3. The van der Waals surface area contributed by atoms with Crippen molar-refractivity contribution in [2.24, 2.45) is 20.0 Å². The third kappa shape index (κ3) is 25.5. The summed E-state index contributed by atoms with van der Waals surface area (Å²) in [6.45, 7) is 44.3. The Morgan fingerprint density at radius 1 is 0.257 bits per heavy atom. The van der Waals surface area contributed by atoms with Gasteiger partial charge in [0.05, 0.1) is 47.0 Å². The summed E-state index contributed by atoms with van der Waals surface area (Å²) in [7, 11) is 0. The molecule has 8 heterocycles. The fourth-order valence-electron chi connectivity index (χ4n) is 20.6. The Balaban J connectivity index is 0.000000238.